The van der Waals surface area contributed by atoms with Crippen molar-refractivity contribution >= 4 is 17.2 Å². The molecule has 0 unspecified atom stereocenters. The summed E-state index contributed by atoms with van der Waals surface area (Å²) >= 11 is 1.96. The number of carbonyl (C=O) groups excluding carboxylic acids is 1. The van der Waals surface area contributed by atoms with Crippen molar-refractivity contribution in [2.75, 3.05) is 39.8 Å². The van der Waals surface area contributed by atoms with Crippen molar-refractivity contribution in [1.82, 2.24) is 14.7 Å². The highest BCUT2D eigenvalue weighted by atomic mass is 32.1. The molecule has 4 nitrogen and oxygen atoms in total. The van der Waals surface area contributed by atoms with Gasteiger partial charge in [-0.05, 0) is 44.6 Å². The maximum Gasteiger partial charge on any atom is 0.219 e. The van der Waals surface area contributed by atoms with Crippen molar-refractivity contribution in [2.24, 2.45) is 0 Å². The zero-order valence-electron chi connectivity index (χ0n) is 13.1. The summed E-state index contributed by atoms with van der Waals surface area (Å²) in [4.78, 5) is 21.4. The summed E-state index contributed by atoms with van der Waals surface area (Å²) in [6, 6.07) is 2.34. The average Bonchev–Trinajstić information content (AvgIpc) is 2.74. The lowest BCUT2D eigenvalue weighted by atomic mass is 10.1. The van der Waals surface area contributed by atoms with Crippen LogP contribution in [0, 0.1) is 0 Å². The third-order valence-corrected chi connectivity index (χ3v) is 5.78. The van der Waals surface area contributed by atoms with Crippen LogP contribution >= 0.6 is 11.3 Å². The summed E-state index contributed by atoms with van der Waals surface area (Å²) in [7, 11) is 2.21. The smallest absolute Gasteiger partial charge is 0.219 e. The largest absolute Gasteiger partial charge is 0.338 e. The first-order chi connectivity index (χ1) is 10.1. The Balaban J connectivity index is 1.64. The van der Waals surface area contributed by atoms with Crippen molar-refractivity contribution in [3.63, 3.8) is 0 Å². The van der Waals surface area contributed by atoms with Crippen molar-refractivity contribution < 1.29 is 4.79 Å². The highest BCUT2D eigenvalue weighted by Crippen LogP contribution is 2.29. The number of likely N-dealkylation sites (N-methyl/N-ethyl adjacent to an activating group) is 1. The molecule has 1 saturated heterocycles. The lowest BCUT2D eigenvalue weighted by Crippen LogP contribution is -2.33. The van der Waals surface area contributed by atoms with Crippen LogP contribution in [0.3, 0.4) is 0 Å². The second kappa shape index (κ2) is 6.46. The molecule has 0 saturated carbocycles. The van der Waals surface area contributed by atoms with Gasteiger partial charge in [-0.2, -0.15) is 0 Å². The summed E-state index contributed by atoms with van der Waals surface area (Å²) < 4.78 is 0. The highest BCUT2D eigenvalue weighted by molar-refractivity contribution is 7.12. The summed E-state index contributed by atoms with van der Waals surface area (Å²) in [5.41, 5.74) is 1.38. The minimum Gasteiger partial charge on any atom is -0.338 e. The van der Waals surface area contributed by atoms with Crippen LogP contribution in [0.15, 0.2) is 6.07 Å². The molecule has 1 amide bonds. The zero-order chi connectivity index (χ0) is 14.8. The van der Waals surface area contributed by atoms with Crippen LogP contribution in [-0.2, 0) is 24.3 Å². The van der Waals surface area contributed by atoms with Gasteiger partial charge in [0.2, 0.25) is 5.91 Å². The van der Waals surface area contributed by atoms with Crippen LogP contribution in [0.25, 0.3) is 0 Å². The van der Waals surface area contributed by atoms with E-state index < -0.39 is 0 Å². The van der Waals surface area contributed by atoms with Crippen LogP contribution in [0.2, 0.25) is 0 Å². The van der Waals surface area contributed by atoms with Gasteiger partial charge < -0.3 is 9.80 Å². The van der Waals surface area contributed by atoms with Gasteiger partial charge in [-0.1, -0.05) is 0 Å². The van der Waals surface area contributed by atoms with Gasteiger partial charge in [0, 0.05) is 49.4 Å². The summed E-state index contributed by atoms with van der Waals surface area (Å²) in [5.74, 6) is 0.198. The SMILES string of the molecule is CC(=O)N1CCc2sc(CN3CCCN(C)CC3)cc2C1. The Kier molecular flexibility index (Phi) is 4.62. The third-order valence-electron chi connectivity index (χ3n) is 4.55. The summed E-state index contributed by atoms with van der Waals surface area (Å²) in [6.45, 7) is 9.19. The Bertz CT molecular complexity index is 514. The topological polar surface area (TPSA) is 26.8 Å². The Morgan fingerprint density at radius 1 is 1.24 bits per heavy atom. The normalized spacial score (nSPS) is 21.1. The molecular formula is C16H25N3OS. The molecule has 0 atom stereocenters. The molecule has 0 spiro atoms. The first-order valence-corrected chi connectivity index (χ1v) is 8.70. The standard InChI is InChI=1S/C16H25N3OS/c1-13(20)19-7-4-16-14(11-19)10-15(21-16)12-18-6-3-5-17(2)8-9-18/h10H,3-9,11-12H2,1-2H3. The van der Waals surface area contributed by atoms with E-state index in [9.17, 15) is 4.79 Å². The maximum atomic E-state index is 11.5. The van der Waals surface area contributed by atoms with Crippen LogP contribution in [0.4, 0.5) is 0 Å². The fourth-order valence-corrected chi connectivity index (χ4v) is 4.43. The van der Waals surface area contributed by atoms with Crippen LogP contribution < -0.4 is 0 Å². The van der Waals surface area contributed by atoms with Crippen LogP contribution in [-0.4, -0.2) is 60.4 Å². The van der Waals surface area contributed by atoms with E-state index in [1.165, 1.54) is 47.9 Å². The van der Waals surface area contributed by atoms with E-state index in [4.69, 9.17) is 0 Å². The maximum absolute atomic E-state index is 11.5. The number of rotatable bonds is 2. The number of thiophene rings is 1. The van der Waals surface area contributed by atoms with Gasteiger partial charge in [-0.15, -0.1) is 11.3 Å². The van der Waals surface area contributed by atoms with E-state index >= 15 is 0 Å². The van der Waals surface area contributed by atoms with E-state index in [-0.39, 0.29) is 5.91 Å². The number of carbonyl (C=O) groups is 1. The Hall–Kier alpha value is -0.910. The van der Waals surface area contributed by atoms with Gasteiger partial charge in [0.15, 0.2) is 0 Å². The molecule has 3 heterocycles. The van der Waals surface area contributed by atoms with Gasteiger partial charge in [0.25, 0.3) is 0 Å². The molecule has 2 aliphatic rings. The number of fused-ring (bicyclic) bond motifs is 1. The molecule has 0 aromatic carbocycles. The first-order valence-electron chi connectivity index (χ1n) is 7.88. The second-order valence-corrected chi connectivity index (χ2v) is 7.51. The monoisotopic (exact) mass is 307 g/mol. The molecule has 21 heavy (non-hydrogen) atoms. The molecule has 2 aliphatic heterocycles. The minimum absolute atomic E-state index is 0.198. The second-order valence-electron chi connectivity index (χ2n) is 6.28. The fraction of sp³-hybridized carbons (Fsp3) is 0.688. The third kappa shape index (κ3) is 3.65. The molecule has 0 bridgehead atoms. The zero-order valence-corrected chi connectivity index (χ0v) is 13.9. The van der Waals surface area contributed by atoms with Crippen LogP contribution in [0.5, 0.6) is 0 Å². The molecule has 1 aromatic heterocycles. The van der Waals surface area contributed by atoms with Gasteiger partial charge >= 0.3 is 0 Å². The summed E-state index contributed by atoms with van der Waals surface area (Å²) in [6.07, 6.45) is 2.29. The van der Waals surface area contributed by atoms with Crippen molar-refractivity contribution in [2.45, 2.75) is 32.9 Å². The molecule has 0 radical (unpaired) electrons. The van der Waals surface area contributed by atoms with E-state index in [0.29, 0.717) is 0 Å². The molecule has 0 aliphatic carbocycles. The van der Waals surface area contributed by atoms with E-state index in [2.05, 4.69) is 22.9 Å². The van der Waals surface area contributed by atoms with Crippen LogP contribution in [0.1, 0.15) is 28.7 Å². The van der Waals surface area contributed by atoms with Crippen molar-refractivity contribution in [1.29, 1.82) is 0 Å². The van der Waals surface area contributed by atoms with E-state index in [1.807, 2.05) is 16.2 Å². The highest BCUT2D eigenvalue weighted by Gasteiger charge is 2.21. The van der Waals surface area contributed by atoms with Gasteiger partial charge in [-0.3, -0.25) is 9.69 Å². The molecule has 116 valence electrons. The van der Waals surface area contributed by atoms with E-state index in [0.717, 1.165) is 26.1 Å². The number of amides is 1. The Morgan fingerprint density at radius 2 is 2.10 bits per heavy atom. The van der Waals surface area contributed by atoms with Gasteiger partial charge in [0.1, 0.15) is 0 Å². The fourth-order valence-electron chi connectivity index (χ4n) is 3.22. The molecular weight excluding hydrogens is 282 g/mol. The van der Waals surface area contributed by atoms with Crippen molar-refractivity contribution in [3.05, 3.63) is 21.4 Å². The number of hydrogen-bond donors (Lipinski definition) is 0. The Labute approximate surface area is 131 Å². The Morgan fingerprint density at radius 3 is 2.90 bits per heavy atom. The first kappa shape index (κ1) is 15.0. The van der Waals surface area contributed by atoms with E-state index in [1.54, 1.807) is 6.92 Å². The molecule has 5 heteroatoms. The molecule has 1 fully saturated rings. The number of nitrogens with zero attached hydrogens (tertiary/aromatic N) is 3. The van der Waals surface area contributed by atoms with Gasteiger partial charge in [0.05, 0.1) is 0 Å². The lowest BCUT2D eigenvalue weighted by Gasteiger charge is -2.25. The lowest BCUT2D eigenvalue weighted by molar-refractivity contribution is -0.129. The minimum atomic E-state index is 0.198. The molecule has 1 aromatic rings. The van der Waals surface area contributed by atoms with Gasteiger partial charge in [-0.25, -0.2) is 0 Å². The molecule has 3 rings (SSSR count). The number of hydrogen-bond acceptors (Lipinski definition) is 4. The average molecular weight is 307 g/mol. The predicted molar refractivity (Wildman–Crippen MR) is 86.5 cm³/mol. The molecule has 0 N–H and O–H groups in total. The predicted octanol–water partition coefficient (Wildman–Crippen LogP) is 1.79. The summed E-state index contributed by atoms with van der Waals surface area (Å²) in [5, 5.41) is 0. The van der Waals surface area contributed by atoms with Crippen molar-refractivity contribution in [3.8, 4) is 0 Å². The quantitative estimate of drug-likeness (QED) is 0.833.